The summed E-state index contributed by atoms with van der Waals surface area (Å²) in [7, 11) is 1.95. The van der Waals surface area contributed by atoms with Crippen molar-refractivity contribution in [2.75, 3.05) is 49.7 Å². The van der Waals surface area contributed by atoms with Gasteiger partial charge >= 0.3 is 0 Å². The van der Waals surface area contributed by atoms with Gasteiger partial charge in [-0.15, -0.1) is 0 Å². The molecule has 0 amide bonds. The van der Waals surface area contributed by atoms with E-state index in [9.17, 15) is 5.11 Å². The van der Waals surface area contributed by atoms with Crippen molar-refractivity contribution in [3.63, 3.8) is 0 Å². The first-order chi connectivity index (χ1) is 9.06. The minimum Gasteiger partial charge on any atom is -0.392 e. The first-order valence-electron chi connectivity index (χ1n) is 6.46. The number of anilines is 2. The Bertz CT molecular complexity index is 422. The number of hydrogen-bond donors (Lipinski definition) is 1. The third-order valence-corrected chi connectivity index (χ3v) is 3.65. The largest absolute Gasteiger partial charge is 0.392 e. The molecule has 1 fully saturated rings. The highest BCUT2D eigenvalue weighted by Gasteiger charge is 2.15. The van der Waals surface area contributed by atoms with Gasteiger partial charge in [0.25, 0.3) is 0 Å². The van der Waals surface area contributed by atoms with Gasteiger partial charge in [0.1, 0.15) is 11.6 Å². The molecule has 1 atom stereocenters. The third-order valence-electron chi connectivity index (χ3n) is 3.03. The average Bonchev–Trinajstić information content (AvgIpc) is 2.38. The van der Waals surface area contributed by atoms with E-state index in [4.69, 9.17) is 9.72 Å². The monoisotopic (exact) mass is 377 g/mol. The number of aliphatic hydroxyl groups is 1. The molecule has 1 aromatic heterocycles. The van der Waals surface area contributed by atoms with E-state index >= 15 is 0 Å². The minimum absolute atomic E-state index is 0.364. The SMILES string of the molecule is C[C@@H](O)CN(C)c1cc(I)cc(N2CCOCC2)n1. The predicted octanol–water partition coefficient (Wildman–Crippen LogP) is 1.34. The summed E-state index contributed by atoms with van der Waals surface area (Å²) in [4.78, 5) is 8.91. The number of hydrogen-bond acceptors (Lipinski definition) is 5. The summed E-state index contributed by atoms with van der Waals surface area (Å²) < 4.78 is 6.52. The van der Waals surface area contributed by atoms with Gasteiger partial charge in [-0.1, -0.05) is 0 Å². The fraction of sp³-hybridized carbons (Fsp3) is 0.615. The molecule has 2 heterocycles. The first-order valence-corrected chi connectivity index (χ1v) is 7.53. The number of likely N-dealkylation sites (N-methyl/N-ethyl adjacent to an activating group) is 1. The number of aromatic nitrogens is 1. The molecule has 1 aliphatic rings. The molecule has 0 aromatic carbocycles. The van der Waals surface area contributed by atoms with Gasteiger partial charge in [-0.05, 0) is 41.6 Å². The molecule has 2 rings (SSSR count). The second-order valence-electron chi connectivity index (χ2n) is 4.83. The summed E-state index contributed by atoms with van der Waals surface area (Å²) in [6.45, 7) is 5.64. The van der Waals surface area contributed by atoms with Gasteiger partial charge in [-0.25, -0.2) is 4.98 Å². The van der Waals surface area contributed by atoms with Crippen molar-refractivity contribution in [2.45, 2.75) is 13.0 Å². The van der Waals surface area contributed by atoms with Crippen LogP contribution in [0.4, 0.5) is 11.6 Å². The number of pyridine rings is 1. The van der Waals surface area contributed by atoms with Gasteiger partial charge in [-0.3, -0.25) is 0 Å². The lowest BCUT2D eigenvalue weighted by molar-refractivity contribution is 0.122. The Morgan fingerprint density at radius 3 is 2.79 bits per heavy atom. The lowest BCUT2D eigenvalue weighted by Crippen LogP contribution is -2.37. The molecule has 0 radical (unpaired) electrons. The van der Waals surface area contributed by atoms with Crippen LogP contribution in [0.3, 0.4) is 0 Å². The van der Waals surface area contributed by atoms with E-state index in [-0.39, 0.29) is 6.10 Å². The predicted molar refractivity (Wildman–Crippen MR) is 84.9 cm³/mol. The Kier molecular flexibility index (Phi) is 5.23. The summed E-state index contributed by atoms with van der Waals surface area (Å²) in [5.74, 6) is 1.89. The summed E-state index contributed by atoms with van der Waals surface area (Å²) in [5.41, 5.74) is 0. The van der Waals surface area contributed by atoms with Crippen LogP contribution in [0.1, 0.15) is 6.92 Å². The molecule has 0 spiro atoms. The van der Waals surface area contributed by atoms with Crippen molar-refractivity contribution in [3.8, 4) is 0 Å². The van der Waals surface area contributed by atoms with Crippen molar-refractivity contribution in [3.05, 3.63) is 15.7 Å². The molecule has 1 N–H and O–H groups in total. The van der Waals surface area contributed by atoms with Crippen molar-refractivity contribution in [2.24, 2.45) is 0 Å². The second kappa shape index (κ2) is 6.71. The summed E-state index contributed by atoms with van der Waals surface area (Å²) in [5, 5.41) is 9.47. The van der Waals surface area contributed by atoms with Crippen LogP contribution in [0.5, 0.6) is 0 Å². The molecule has 0 bridgehead atoms. The molecule has 1 aromatic rings. The molecule has 0 saturated carbocycles. The number of morpholine rings is 1. The maximum absolute atomic E-state index is 9.47. The fourth-order valence-corrected chi connectivity index (χ4v) is 2.67. The number of halogens is 1. The van der Waals surface area contributed by atoms with Gasteiger partial charge < -0.3 is 19.6 Å². The lowest BCUT2D eigenvalue weighted by Gasteiger charge is -2.29. The molecule has 6 heteroatoms. The van der Waals surface area contributed by atoms with Crippen LogP contribution in [-0.2, 0) is 4.74 Å². The first kappa shape index (κ1) is 14.8. The maximum Gasteiger partial charge on any atom is 0.132 e. The summed E-state index contributed by atoms with van der Waals surface area (Å²) in [6.07, 6.45) is -0.364. The van der Waals surface area contributed by atoms with Crippen molar-refractivity contribution in [1.82, 2.24) is 4.98 Å². The van der Waals surface area contributed by atoms with E-state index in [1.165, 1.54) is 0 Å². The van der Waals surface area contributed by atoms with E-state index < -0.39 is 0 Å². The highest BCUT2D eigenvalue weighted by molar-refractivity contribution is 14.1. The fourth-order valence-electron chi connectivity index (χ4n) is 2.11. The van der Waals surface area contributed by atoms with Crippen molar-refractivity contribution < 1.29 is 9.84 Å². The zero-order valence-electron chi connectivity index (χ0n) is 11.3. The molecule has 19 heavy (non-hydrogen) atoms. The standard InChI is InChI=1S/C13H20IN3O2/c1-10(18)9-16(2)12-7-11(14)8-13(15-12)17-3-5-19-6-4-17/h7-8,10,18H,3-6,9H2,1-2H3/t10-/m1/s1. The zero-order chi connectivity index (χ0) is 13.8. The van der Waals surface area contributed by atoms with E-state index in [0.717, 1.165) is 41.5 Å². The topological polar surface area (TPSA) is 48.8 Å². The number of rotatable bonds is 4. The zero-order valence-corrected chi connectivity index (χ0v) is 13.5. The Hall–Kier alpha value is -0.600. The van der Waals surface area contributed by atoms with Crippen LogP contribution >= 0.6 is 22.6 Å². The smallest absolute Gasteiger partial charge is 0.132 e. The highest BCUT2D eigenvalue weighted by Crippen LogP contribution is 2.22. The van der Waals surface area contributed by atoms with Gasteiger partial charge in [-0.2, -0.15) is 0 Å². The summed E-state index contributed by atoms with van der Waals surface area (Å²) in [6, 6.07) is 4.12. The number of nitrogens with zero attached hydrogens (tertiary/aromatic N) is 3. The van der Waals surface area contributed by atoms with E-state index in [1.807, 2.05) is 18.0 Å². The molecule has 1 saturated heterocycles. The van der Waals surface area contributed by atoms with Crippen molar-refractivity contribution >= 4 is 34.2 Å². The Balaban J connectivity index is 2.18. The van der Waals surface area contributed by atoms with Crippen LogP contribution in [0.15, 0.2) is 12.1 Å². The van der Waals surface area contributed by atoms with Crippen LogP contribution in [-0.4, -0.2) is 56.1 Å². The van der Waals surface area contributed by atoms with Crippen LogP contribution in [0.25, 0.3) is 0 Å². The van der Waals surface area contributed by atoms with Gasteiger partial charge in [0.05, 0.1) is 19.3 Å². The third kappa shape index (κ3) is 4.19. The molecule has 0 unspecified atom stereocenters. The van der Waals surface area contributed by atoms with E-state index in [1.54, 1.807) is 6.92 Å². The van der Waals surface area contributed by atoms with E-state index in [0.29, 0.717) is 6.54 Å². The number of aliphatic hydroxyl groups excluding tert-OH is 1. The molecule has 106 valence electrons. The molecule has 5 nitrogen and oxygen atoms in total. The van der Waals surface area contributed by atoms with Gasteiger partial charge in [0.15, 0.2) is 0 Å². The molecular formula is C13H20IN3O2. The summed E-state index contributed by atoms with van der Waals surface area (Å²) >= 11 is 2.31. The van der Waals surface area contributed by atoms with E-state index in [2.05, 4.69) is 33.6 Å². The molecular weight excluding hydrogens is 357 g/mol. The number of ether oxygens (including phenoxy) is 1. The second-order valence-corrected chi connectivity index (χ2v) is 6.08. The maximum atomic E-state index is 9.47. The molecule has 1 aliphatic heterocycles. The lowest BCUT2D eigenvalue weighted by atomic mass is 10.3. The van der Waals surface area contributed by atoms with Crippen LogP contribution in [0.2, 0.25) is 0 Å². The van der Waals surface area contributed by atoms with Crippen LogP contribution in [0, 0.1) is 3.57 Å². The van der Waals surface area contributed by atoms with Gasteiger partial charge in [0, 0.05) is 30.3 Å². The Morgan fingerprint density at radius 1 is 1.47 bits per heavy atom. The average molecular weight is 377 g/mol. The molecule has 0 aliphatic carbocycles. The Morgan fingerprint density at radius 2 is 2.16 bits per heavy atom. The van der Waals surface area contributed by atoms with Crippen LogP contribution < -0.4 is 9.80 Å². The van der Waals surface area contributed by atoms with Crippen molar-refractivity contribution in [1.29, 1.82) is 0 Å². The highest BCUT2D eigenvalue weighted by atomic mass is 127. The van der Waals surface area contributed by atoms with Gasteiger partial charge in [0.2, 0.25) is 0 Å². The minimum atomic E-state index is -0.364. The normalized spacial score (nSPS) is 17.4. The quantitative estimate of drug-likeness (QED) is 0.803. The Labute approximate surface area is 127 Å².